The Labute approximate surface area is 105 Å². The predicted octanol–water partition coefficient (Wildman–Crippen LogP) is 3.31. The monoisotopic (exact) mass is 270 g/mol. The van der Waals surface area contributed by atoms with E-state index in [9.17, 15) is 8.42 Å². The summed E-state index contributed by atoms with van der Waals surface area (Å²) in [5.41, 5.74) is 1.30. The number of hydrogen-bond acceptors (Lipinski definition) is 3. The molecule has 0 bridgehead atoms. The molecule has 0 aliphatic rings. The van der Waals surface area contributed by atoms with Gasteiger partial charge in [-0.1, -0.05) is 11.6 Å². The highest BCUT2D eigenvalue weighted by Crippen LogP contribution is 2.33. The standard InChI is InChI=1S/C12H11ClO3S/c1-8-6-9(17(2,14)15)7-10(12(8)13)11-4-3-5-16-11/h3-7H,1-2H3. The van der Waals surface area contributed by atoms with E-state index >= 15 is 0 Å². The fraction of sp³-hybridized carbons (Fsp3) is 0.167. The largest absolute Gasteiger partial charge is 0.464 e. The maximum atomic E-state index is 11.5. The average molecular weight is 271 g/mol. The molecule has 0 spiro atoms. The molecule has 0 radical (unpaired) electrons. The summed E-state index contributed by atoms with van der Waals surface area (Å²) >= 11 is 6.15. The molecule has 1 heterocycles. The Morgan fingerprint density at radius 3 is 2.53 bits per heavy atom. The summed E-state index contributed by atoms with van der Waals surface area (Å²) in [7, 11) is -3.26. The lowest BCUT2D eigenvalue weighted by atomic mass is 10.1. The summed E-state index contributed by atoms with van der Waals surface area (Å²) in [4.78, 5) is 0.241. The molecule has 5 heteroatoms. The summed E-state index contributed by atoms with van der Waals surface area (Å²) in [5, 5.41) is 0.507. The second-order valence-corrected chi connectivity index (χ2v) is 6.24. The minimum Gasteiger partial charge on any atom is -0.464 e. The minimum absolute atomic E-state index is 0.241. The van der Waals surface area contributed by atoms with Gasteiger partial charge >= 0.3 is 0 Å². The summed E-state index contributed by atoms with van der Waals surface area (Å²) in [5.74, 6) is 0.559. The quantitative estimate of drug-likeness (QED) is 0.841. The van der Waals surface area contributed by atoms with Crippen LogP contribution in [0.5, 0.6) is 0 Å². The molecule has 0 N–H and O–H groups in total. The SMILES string of the molecule is Cc1cc(S(C)(=O)=O)cc(-c2ccco2)c1Cl. The first kappa shape index (κ1) is 12.2. The molecular weight excluding hydrogens is 260 g/mol. The van der Waals surface area contributed by atoms with Crippen LogP contribution in [0.3, 0.4) is 0 Å². The Bertz CT molecular complexity index is 643. The van der Waals surface area contributed by atoms with Crippen LogP contribution in [0.4, 0.5) is 0 Å². The fourth-order valence-electron chi connectivity index (χ4n) is 1.56. The van der Waals surface area contributed by atoms with Gasteiger partial charge in [-0.15, -0.1) is 0 Å². The Hall–Kier alpha value is -1.26. The van der Waals surface area contributed by atoms with Gasteiger partial charge in [0.15, 0.2) is 9.84 Å². The van der Waals surface area contributed by atoms with Crippen LogP contribution >= 0.6 is 11.6 Å². The highest BCUT2D eigenvalue weighted by atomic mass is 35.5. The van der Waals surface area contributed by atoms with Crippen LogP contribution < -0.4 is 0 Å². The van der Waals surface area contributed by atoms with Gasteiger partial charge < -0.3 is 4.42 Å². The van der Waals surface area contributed by atoms with Crippen molar-refractivity contribution in [3.8, 4) is 11.3 Å². The topological polar surface area (TPSA) is 47.3 Å². The normalized spacial score (nSPS) is 11.7. The van der Waals surface area contributed by atoms with Gasteiger partial charge in [-0.2, -0.15) is 0 Å². The first-order chi connectivity index (χ1) is 7.89. The number of benzene rings is 1. The fourth-order valence-corrected chi connectivity index (χ4v) is 2.49. The average Bonchev–Trinajstić information content (AvgIpc) is 2.73. The van der Waals surface area contributed by atoms with Crippen LogP contribution in [-0.2, 0) is 9.84 Å². The lowest BCUT2D eigenvalue weighted by Gasteiger charge is -2.07. The second kappa shape index (κ2) is 4.20. The molecule has 1 aromatic heterocycles. The smallest absolute Gasteiger partial charge is 0.175 e. The second-order valence-electron chi connectivity index (χ2n) is 3.85. The predicted molar refractivity (Wildman–Crippen MR) is 67.0 cm³/mol. The van der Waals surface area contributed by atoms with Gasteiger partial charge in [0.1, 0.15) is 5.76 Å². The highest BCUT2D eigenvalue weighted by Gasteiger charge is 2.15. The molecule has 2 aromatic rings. The minimum atomic E-state index is -3.26. The van der Waals surface area contributed by atoms with Crippen molar-refractivity contribution in [3.63, 3.8) is 0 Å². The Kier molecular flexibility index (Phi) is 3.02. The highest BCUT2D eigenvalue weighted by molar-refractivity contribution is 7.90. The number of furan rings is 1. The first-order valence-corrected chi connectivity index (χ1v) is 7.20. The van der Waals surface area contributed by atoms with Gasteiger partial charge in [-0.25, -0.2) is 8.42 Å². The van der Waals surface area contributed by atoms with Crippen molar-refractivity contribution < 1.29 is 12.8 Å². The van der Waals surface area contributed by atoms with Crippen LogP contribution in [0, 0.1) is 6.92 Å². The number of aryl methyl sites for hydroxylation is 1. The number of rotatable bonds is 2. The molecule has 0 aliphatic heterocycles. The molecule has 1 aromatic carbocycles. The van der Waals surface area contributed by atoms with E-state index in [0.29, 0.717) is 21.9 Å². The lowest BCUT2D eigenvalue weighted by molar-refractivity contribution is 0.582. The number of sulfone groups is 1. The van der Waals surface area contributed by atoms with E-state index in [2.05, 4.69) is 0 Å². The maximum absolute atomic E-state index is 11.5. The van der Waals surface area contributed by atoms with Crippen LogP contribution in [0.2, 0.25) is 5.02 Å². The van der Waals surface area contributed by atoms with Gasteiger partial charge in [0.05, 0.1) is 16.2 Å². The molecule has 90 valence electrons. The van der Waals surface area contributed by atoms with Crippen molar-refractivity contribution >= 4 is 21.4 Å². The first-order valence-electron chi connectivity index (χ1n) is 4.93. The third-order valence-electron chi connectivity index (χ3n) is 2.44. The summed E-state index contributed by atoms with van der Waals surface area (Å²) in [6, 6.07) is 6.56. The van der Waals surface area contributed by atoms with E-state index in [0.717, 1.165) is 0 Å². The van der Waals surface area contributed by atoms with Crippen molar-refractivity contribution in [3.05, 3.63) is 41.1 Å². The zero-order chi connectivity index (χ0) is 12.6. The molecule has 0 atom stereocenters. The Morgan fingerprint density at radius 1 is 1.29 bits per heavy atom. The van der Waals surface area contributed by atoms with Crippen LogP contribution in [0.15, 0.2) is 39.8 Å². The van der Waals surface area contributed by atoms with E-state index in [-0.39, 0.29) is 4.90 Å². The molecular formula is C12H11ClO3S. The van der Waals surface area contributed by atoms with Crippen LogP contribution in [0.25, 0.3) is 11.3 Å². The molecule has 3 nitrogen and oxygen atoms in total. The summed E-state index contributed by atoms with van der Waals surface area (Å²) in [6.07, 6.45) is 2.69. The molecule has 0 aliphatic carbocycles. The number of halogens is 1. The van der Waals surface area contributed by atoms with Gasteiger partial charge in [0.2, 0.25) is 0 Å². The van der Waals surface area contributed by atoms with Gasteiger partial charge in [-0.05, 0) is 36.8 Å². The molecule has 0 amide bonds. The third kappa shape index (κ3) is 2.37. The molecule has 2 rings (SSSR count). The number of hydrogen-bond donors (Lipinski definition) is 0. The third-order valence-corrected chi connectivity index (χ3v) is 4.04. The summed E-state index contributed by atoms with van der Waals surface area (Å²) < 4.78 is 28.3. The van der Waals surface area contributed by atoms with Crippen molar-refractivity contribution in [2.75, 3.05) is 6.26 Å². The van der Waals surface area contributed by atoms with E-state index in [4.69, 9.17) is 16.0 Å². The van der Waals surface area contributed by atoms with E-state index < -0.39 is 9.84 Å². The van der Waals surface area contributed by atoms with Crippen molar-refractivity contribution in [1.29, 1.82) is 0 Å². The molecule has 0 saturated carbocycles. The van der Waals surface area contributed by atoms with Crippen molar-refractivity contribution in [2.45, 2.75) is 11.8 Å². The molecule has 0 fully saturated rings. The molecule has 0 unspecified atom stereocenters. The van der Waals surface area contributed by atoms with Gasteiger partial charge in [0.25, 0.3) is 0 Å². The van der Waals surface area contributed by atoms with Crippen molar-refractivity contribution in [1.82, 2.24) is 0 Å². The zero-order valence-corrected chi connectivity index (χ0v) is 11.0. The lowest BCUT2D eigenvalue weighted by Crippen LogP contribution is -1.98. The van der Waals surface area contributed by atoms with Crippen molar-refractivity contribution in [2.24, 2.45) is 0 Å². The van der Waals surface area contributed by atoms with Gasteiger partial charge in [0, 0.05) is 11.8 Å². The summed E-state index contributed by atoms with van der Waals surface area (Å²) in [6.45, 7) is 1.77. The molecule has 0 saturated heterocycles. The Morgan fingerprint density at radius 2 is 2.00 bits per heavy atom. The van der Waals surface area contributed by atoms with Crippen LogP contribution in [-0.4, -0.2) is 14.7 Å². The van der Waals surface area contributed by atoms with Crippen LogP contribution in [0.1, 0.15) is 5.56 Å². The van der Waals surface area contributed by atoms with E-state index in [1.165, 1.54) is 18.6 Å². The van der Waals surface area contributed by atoms with Gasteiger partial charge in [-0.3, -0.25) is 0 Å². The van der Waals surface area contributed by atoms with E-state index in [1.807, 2.05) is 0 Å². The zero-order valence-electron chi connectivity index (χ0n) is 9.40. The Balaban J connectivity index is 2.72. The maximum Gasteiger partial charge on any atom is 0.175 e. The molecule has 17 heavy (non-hydrogen) atoms. The van der Waals surface area contributed by atoms with E-state index in [1.54, 1.807) is 25.1 Å².